The summed E-state index contributed by atoms with van der Waals surface area (Å²) >= 11 is 0. The van der Waals surface area contributed by atoms with Crippen LogP contribution in [-0.2, 0) is 4.74 Å². The molecule has 0 spiro atoms. The normalized spacial score (nSPS) is 10.2. The van der Waals surface area contributed by atoms with Gasteiger partial charge in [-0.15, -0.1) is 0 Å². The number of nitrogens with zero attached hydrogens (tertiary/aromatic N) is 2. The van der Waals surface area contributed by atoms with Crippen LogP contribution in [0.15, 0.2) is 30.7 Å². The van der Waals surface area contributed by atoms with Crippen molar-refractivity contribution in [1.82, 2.24) is 9.55 Å². The molecule has 0 bridgehead atoms. The van der Waals surface area contributed by atoms with E-state index in [4.69, 9.17) is 14.2 Å². The molecule has 0 aliphatic rings. The van der Waals surface area contributed by atoms with Gasteiger partial charge in [0.25, 0.3) is 0 Å². The standard InChI is InChI=1S/C13H14N2O4/c1-17-9-19-13-5-11(18-2)3-4-12(13)15-6-10(7-16)14-8-15/h3-8H,9H2,1-2H3. The van der Waals surface area contributed by atoms with Crippen LogP contribution in [-0.4, -0.2) is 36.8 Å². The SMILES string of the molecule is COCOc1cc(OC)ccc1-n1cnc(C=O)c1. The smallest absolute Gasteiger partial charge is 0.188 e. The molecular weight excluding hydrogens is 248 g/mol. The fourth-order valence-corrected chi connectivity index (χ4v) is 1.60. The van der Waals surface area contributed by atoms with Crippen LogP contribution in [0.25, 0.3) is 5.69 Å². The largest absolute Gasteiger partial charge is 0.497 e. The van der Waals surface area contributed by atoms with Gasteiger partial charge in [0.2, 0.25) is 0 Å². The number of rotatable bonds is 6. The quantitative estimate of drug-likeness (QED) is 0.585. The minimum absolute atomic E-state index is 0.120. The molecule has 1 aromatic carbocycles. The van der Waals surface area contributed by atoms with Gasteiger partial charge in [-0.2, -0.15) is 0 Å². The van der Waals surface area contributed by atoms with E-state index in [1.807, 2.05) is 6.07 Å². The van der Waals surface area contributed by atoms with Gasteiger partial charge >= 0.3 is 0 Å². The van der Waals surface area contributed by atoms with Gasteiger partial charge in [0.1, 0.15) is 23.5 Å². The lowest BCUT2D eigenvalue weighted by Gasteiger charge is -2.12. The maximum atomic E-state index is 10.7. The van der Waals surface area contributed by atoms with Crippen LogP contribution in [0, 0.1) is 0 Å². The van der Waals surface area contributed by atoms with Crippen molar-refractivity contribution < 1.29 is 19.0 Å². The fraction of sp³-hybridized carbons (Fsp3) is 0.231. The van der Waals surface area contributed by atoms with Crippen molar-refractivity contribution in [2.75, 3.05) is 21.0 Å². The molecular formula is C13H14N2O4. The predicted molar refractivity (Wildman–Crippen MR) is 68.0 cm³/mol. The van der Waals surface area contributed by atoms with Crippen LogP contribution >= 0.6 is 0 Å². The summed E-state index contributed by atoms with van der Waals surface area (Å²) in [5.41, 5.74) is 1.10. The Balaban J connectivity index is 2.39. The first-order valence-corrected chi connectivity index (χ1v) is 5.57. The summed E-state index contributed by atoms with van der Waals surface area (Å²) < 4.78 is 17.2. The molecule has 6 heteroatoms. The summed E-state index contributed by atoms with van der Waals surface area (Å²) in [6.45, 7) is 0.120. The molecule has 2 rings (SSSR count). The van der Waals surface area contributed by atoms with E-state index in [0.717, 1.165) is 5.69 Å². The second kappa shape index (κ2) is 6.01. The van der Waals surface area contributed by atoms with Gasteiger partial charge in [-0.1, -0.05) is 0 Å². The van der Waals surface area contributed by atoms with Gasteiger partial charge in [-0.25, -0.2) is 4.98 Å². The van der Waals surface area contributed by atoms with Gasteiger partial charge < -0.3 is 18.8 Å². The molecule has 0 aliphatic heterocycles. The highest BCUT2D eigenvalue weighted by Gasteiger charge is 2.09. The third-order valence-electron chi connectivity index (χ3n) is 2.50. The van der Waals surface area contributed by atoms with Crippen molar-refractivity contribution in [2.45, 2.75) is 0 Å². The molecule has 0 atom stereocenters. The average Bonchev–Trinajstić information content (AvgIpc) is 2.93. The van der Waals surface area contributed by atoms with E-state index in [2.05, 4.69) is 4.98 Å². The van der Waals surface area contributed by atoms with E-state index >= 15 is 0 Å². The number of methoxy groups -OCH3 is 2. The number of hydrogen-bond donors (Lipinski definition) is 0. The van der Waals surface area contributed by atoms with Crippen molar-refractivity contribution in [3.8, 4) is 17.2 Å². The minimum Gasteiger partial charge on any atom is -0.497 e. The molecule has 0 fully saturated rings. The minimum atomic E-state index is 0.120. The monoisotopic (exact) mass is 262 g/mol. The van der Waals surface area contributed by atoms with Gasteiger partial charge in [0, 0.05) is 19.4 Å². The van der Waals surface area contributed by atoms with Crippen LogP contribution in [0.1, 0.15) is 10.5 Å². The molecule has 0 amide bonds. The summed E-state index contributed by atoms with van der Waals surface area (Å²) in [5.74, 6) is 1.25. The molecule has 0 saturated carbocycles. The van der Waals surface area contributed by atoms with E-state index in [9.17, 15) is 4.79 Å². The summed E-state index contributed by atoms with van der Waals surface area (Å²) in [6, 6.07) is 5.37. The Morgan fingerprint density at radius 3 is 2.84 bits per heavy atom. The number of aldehydes is 1. The first kappa shape index (κ1) is 13.1. The highest BCUT2D eigenvalue weighted by Crippen LogP contribution is 2.28. The van der Waals surface area contributed by atoms with Crippen LogP contribution in [0.4, 0.5) is 0 Å². The van der Waals surface area contributed by atoms with Crippen molar-refractivity contribution in [3.63, 3.8) is 0 Å². The summed E-state index contributed by atoms with van der Waals surface area (Å²) in [6.07, 6.45) is 3.86. The van der Waals surface area contributed by atoms with Crippen molar-refractivity contribution in [1.29, 1.82) is 0 Å². The maximum absolute atomic E-state index is 10.7. The van der Waals surface area contributed by atoms with Crippen LogP contribution in [0.3, 0.4) is 0 Å². The van der Waals surface area contributed by atoms with E-state index < -0.39 is 0 Å². The molecule has 0 saturated heterocycles. The molecule has 0 aliphatic carbocycles. The van der Waals surface area contributed by atoms with Crippen LogP contribution in [0.2, 0.25) is 0 Å². The second-order valence-electron chi connectivity index (χ2n) is 3.71. The molecule has 6 nitrogen and oxygen atoms in total. The van der Waals surface area contributed by atoms with Crippen molar-refractivity contribution in [3.05, 3.63) is 36.4 Å². The summed E-state index contributed by atoms with van der Waals surface area (Å²) in [5, 5.41) is 0. The van der Waals surface area contributed by atoms with Crippen LogP contribution < -0.4 is 9.47 Å². The molecule has 0 radical (unpaired) electrons. The Bertz CT molecular complexity index is 566. The van der Waals surface area contributed by atoms with Gasteiger partial charge in [0.05, 0.1) is 12.8 Å². The number of hydrogen-bond acceptors (Lipinski definition) is 5. The number of carbonyl (C=O) groups excluding carboxylic acids is 1. The molecule has 2 aromatic rings. The van der Waals surface area contributed by atoms with E-state index in [1.165, 1.54) is 0 Å². The zero-order chi connectivity index (χ0) is 13.7. The number of ether oxygens (including phenoxy) is 3. The van der Waals surface area contributed by atoms with Crippen molar-refractivity contribution in [2.24, 2.45) is 0 Å². The number of aromatic nitrogens is 2. The molecule has 100 valence electrons. The Labute approximate surface area is 110 Å². The third-order valence-corrected chi connectivity index (χ3v) is 2.50. The number of benzene rings is 1. The van der Waals surface area contributed by atoms with E-state index in [1.54, 1.807) is 43.4 Å². The summed E-state index contributed by atoms with van der Waals surface area (Å²) in [7, 11) is 3.12. The van der Waals surface area contributed by atoms with Gasteiger partial charge in [-0.3, -0.25) is 4.79 Å². The van der Waals surface area contributed by atoms with Gasteiger partial charge in [-0.05, 0) is 12.1 Å². The Kier molecular flexibility index (Phi) is 4.15. The number of imidazole rings is 1. The van der Waals surface area contributed by atoms with Gasteiger partial charge in [0.15, 0.2) is 13.1 Å². The zero-order valence-corrected chi connectivity index (χ0v) is 10.7. The lowest BCUT2D eigenvalue weighted by Crippen LogP contribution is -2.03. The summed E-state index contributed by atoms with van der Waals surface area (Å²) in [4.78, 5) is 14.6. The Morgan fingerprint density at radius 1 is 1.37 bits per heavy atom. The third kappa shape index (κ3) is 2.92. The molecule has 1 heterocycles. The first-order valence-electron chi connectivity index (χ1n) is 5.57. The lowest BCUT2D eigenvalue weighted by atomic mass is 10.2. The van der Waals surface area contributed by atoms with E-state index in [0.29, 0.717) is 23.5 Å². The van der Waals surface area contributed by atoms with Crippen molar-refractivity contribution >= 4 is 6.29 Å². The molecule has 0 unspecified atom stereocenters. The lowest BCUT2D eigenvalue weighted by molar-refractivity contribution is 0.0509. The first-order chi connectivity index (χ1) is 9.28. The number of carbonyl (C=O) groups is 1. The molecule has 19 heavy (non-hydrogen) atoms. The topological polar surface area (TPSA) is 62.6 Å². The van der Waals surface area contributed by atoms with E-state index in [-0.39, 0.29) is 6.79 Å². The fourth-order valence-electron chi connectivity index (χ4n) is 1.60. The Hall–Kier alpha value is -2.34. The zero-order valence-electron chi connectivity index (χ0n) is 10.7. The average molecular weight is 262 g/mol. The second-order valence-corrected chi connectivity index (χ2v) is 3.71. The highest BCUT2D eigenvalue weighted by molar-refractivity contribution is 5.71. The van der Waals surface area contributed by atoms with Crippen LogP contribution in [0.5, 0.6) is 11.5 Å². The predicted octanol–water partition coefficient (Wildman–Crippen LogP) is 1.68. The Morgan fingerprint density at radius 2 is 2.21 bits per heavy atom. The molecule has 0 N–H and O–H groups in total. The molecule has 1 aromatic heterocycles. The maximum Gasteiger partial charge on any atom is 0.188 e. The highest BCUT2D eigenvalue weighted by atomic mass is 16.7.